The highest BCUT2D eigenvalue weighted by Crippen LogP contribution is 2.37. The smallest absolute Gasteiger partial charge is 0.419 e. The number of alkyl halides is 3. The van der Waals surface area contributed by atoms with Gasteiger partial charge in [0.15, 0.2) is 0 Å². The number of carbonyl (C=O) groups is 4. The van der Waals surface area contributed by atoms with Crippen LogP contribution in [0.25, 0.3) is 17.2 Å². The SMILES string of the molecule is CC(C)(C)OC(=O)c1ccc(CNC(=O)CCN2C(=O)SC(=Cc3cc(-c4ccc(F)c(C(F)(F)F)c4)cs3)C2=O)cc1. The first kappa shape index (κ1) is 32.0. The molecule has 0 unspecified atom stereocenters. The number of thioether (sulfide) groups is 1. The van der Waals surface area contributed by atoms with E-state index in [1.54, 1.807) is 56.5 Å². The van der Waals surface area contributed by atoms with Crippen molar-refractivity contribution in [3.05, 3.63) is 86.2 Å². The van der Waals surface area contributed by atoms with Crippen LogP contribution in [-0.4, -0.2) is 40.1 Å². The number of hydrogen-bond acceptors (Lipinski definition) is 7. The van der Waals surface area contributed by atoms with Crippen LogP contribution in [0.5, 0.6) is 0 Å². The number of imide groups is 1. The van der Waals surface area contributed by atoms with E-state index in [2.05, 4.69) is 5.32 Å². The van der Waals surface area contributed by atoms with E-state index in [1.165, 1.54) is 12.1 Å². The summed E-state index contributed by atoms with van der Waals surface area (Å²) in [6, 6.07) is 10.8. The lowest BCUT2D eigenvalue weighted by Gasteiger charge is -2.19. The molecule has 13 heteroatoms. The Labute approximate surface area is 252 Å². The maximum Gasteiger partial charge on any atom is 0.419 e. The predicted molar refractivity (Wildman–Crippen MR) is 155 cm³/mol. The van der Waals surface area contributed by atoms with Crippen LogP contribution in [0.3, 0.4) is 0 Å². The molecule has 1 fully saturated rings. The summed E-state index contributed by atoms with van der Waals surface area (Å²) in [6.45, 7) is 5.34. The van der Waals surface area contributed by atoms with Crippen molar-refractivity contribution < 1.29 is 41.5 Å². The van der Waals surface area contributed by atoms with Gasteiger partial charge in [-0.3, -0.25) is 19.3 Å². The molecule has 3 amide bonds. The van der Waals surface area contributed by atoms with E-state index in [1.807, 2.05) is 0 Å². The van der Waals surface area contributed by atoms with Crippen LogP contribution in [0.2, 0.25) is 0 Å². The van der Waals surface area contributed by atoms with E-state index in [4.69, 9.17) is 4.74 Å². The van der Waals surface area contributed by atoms with Crippen molar-refractivity contribution in [3.63, 3.8) is 0 Å². The minimum absolute atomic E-state index is 0.110. The molecule has 0 spiro atoms. The Morgan fingerprint density at radius 3 is 2.35 bits per heavy atom. The van der Waals surface area contributed by atoms with Gasteiger partial charge < -0.3 is 10.1 Å². The van der Waals surface area contributed by atoms with Crippen LogP contribution in [0.4, 0.5) is 22.4 Å². The molecule has 3 aromatic rings. The Morgan fingerprint density at radius 1 is 1.00 bits per heavy atom. The number of nitrogens with one attached hydrogen (secondary N) is 1. The zero-order valence-electron chi connectivity index (χ0n) is 23.2. The minimum Gasteiger partial charge on any atom is -0.456 e. The van der Waals surface area contributed by atoms with Gasteiger partial charge >= 0.3 is 12.1 Å². The molecule has 0 saturated carbocycles. The van der Waals surface area contributed by atoms with Gasteiger partial charge in [-0.15, -0.1) is 11.3 Å². The fourth-order valence-corrected chi connectivity index (χ4v) is 5.70. The van der Waals surface area contributed by atoms with E-state index in [0.29, 0.717) is 27.8 Å². The zero-order valence-corrected chi connectivity index (χ0v) is 24.8. The topological polar surface area (TPSA) is 92.8 Å². The second-order valence-electron chi connectivity index (χ2n) is 10.5. The lowest BCUT2D eigenvalue weighted by atomic mass is 10.0. The maximum absolute atomic E-state index is 13.6. The minimum atomic E-state index is -4.84. The van der Waals surface area contributed by atoms with Crippen LogP contribution in [0.15, 0.2) is 58.8 Å². The van der Waals surface area contributed by atoms with Crippen molar-refractivity contribution in [2.45, 2.75) is 45.5 Å². The quantitative estimate of drug-likeness (QED) is 0.159. The first-order valence-electron chi connectivity index (χ1n) is 12.9. The molecule has 1 saturated heterocycles. The highest BCUT2D eigenvalue weighted by Gasteiger charge is 2.36. The molecule has 4 rings (SSSR count). The molecule has 0 bridgehead atoms. The summed E-state index contributed by atoms with van der Waals surface area (Å²) in [5.74, 6) is -2.81. The molecule has 1 aliphatic heterocycles. The van der Waals surface area contributed by atoms with E-state index >= 15 is 0 Å². The van der Waals surface area contributed by atoms with Gasteiger partial charge in [0, 0.05) is 24.4 Å². The third-order valence-electron chi connectivity index (χ3n) is 6.01. The molecule has 0 radical (unpaired) electrons. The normalized spacial score (nSPS) is 14.9. The van der Waals surface area contributed by atoms with Gasteiger partial charge in [0.05, 0.1) is 16.0 Å². The lowest BCUT2D eigenvalue weighted by Crippen LogP contribution is -2.33. The number of benzene rings is 2. The van der Waals surface area contributed by atoms with Crippen LogP contribution < -0.4 is 5.32 Å². The van der Waals surface area contributed by atoms with Crippen molar-refractivity contribution in [2.75, 3.05) is 6.54 Å². The van der Waals surface area contributed by atoms with Gasteiger partial charge in [-0.1, -0.05) is 18.2 Å². The van der Waals surface area contributed by atoms with Crippen molar-refractivity contribution in [3.8, 4) is 11.1 Å². The van der Waals surface area contributed by atoms with Crippen molar-refractivity contribution >= 4 is 52.2 Å². The Bertz CT molecular complexity index is 1590. The van der Waals surface area contributed by atoms with E-state index in [0.717, 1.165) is 33.9 Å². The Hall–Kier alpha value is -3.97. The summed E-state index contributed by atoms with van der Waals surface area (Å²) in [4.78, 5) is 51.4. The summed E-state index contributed by atoms with van der Waals surface area (Å²) in [7, 11) is 0. The average molecular weight is 635 g/mol. The van der Waals surface area contributed by atoms with Gasteiger partial charge in [0.1, 0.15) is 11.4 Å². The Morgan fingerprint density at radius 2 is 1.70 bits per heavy atom. The Kier molecular flexibility index (Phi) is 9.45. The van der Waals surface area contributed by atoms with Crippen LogP contribution >= 0.6 is 23.1 Å². The zero-order chi connectivity index (χ0) is 31.5. The molecular weight excluding hydrogens is 608 g/mol. The first-order valence-corrected chi connectivity index (χ1v) is 14.6. The van der Waals surface area contributed by atoms with E-state index in [9.17, 15) is 36.7 Å². The van der Waals surface area contributed by atoms with E-state index in [-0.39, 0.29) is 35.9 Å². The third kappa shape index (κ3) is 8.32. The molecular formula is C30H26F4N2O5S2. The number of amides is 3. The molecule has 0 atom stereocenters. The predicted octanol–water partition coefficient (Wildman–Crippen LogP) is 7.27. The van der Waals surface area contributed by atoms with Crippen LogP contribution in [0, 0.1) is 5.82 Å². The molecule has 2 aromatic carbocycles. The number of rotatable bonds is 8. The molecule has 226 valence electrons. The molecule has 1 aromatic heterocycles. The van der Waals surface area contributed by atoms with Crippen molar-refractivity contribution in [2.24, 2.45) is 0 Å². The number of hydrogen-bond donors (Lipinski definition) is 1. The fourth-order valence-electron chi connectivity index (χ4n) is 3.92. The summed E-state index contributed by atoms with van der Waals surface area (Å²) in [5.41, 5.74) is -0.329. The summed E-state index contributed by atoms with van der Waals surface area (Å²) < 4.78 is 58.2. The van der Waals surface area contributed by atoms with Gasteiger partial charge in [0.2, 0.25) is 5.91 Å². The highest BCUT2D eigenvalue weighted by molar-refractivity contribution is 8.18. The monoisotopic (exact) mass is 634 g/mol. The number of carbonyl (C=O) groups excluding carboxylic acids is 4. The summed E-state index contributed by atoms with van der Waals surface area (Å²) in [5, 5.41) is 3.73. The van der Waals surface area contributed by atoms with Gasteiger partial charge in [-0.05, 0) is 91.0 Å². The molecule has 2 heterocycles. The second-order valence-corrected chi connectivity index (χ2v) is 12.4. The van der Waals surface area contributed by atoms with Crippen LogP contribution in [-0.2, 0) is 27.0 Å². The number of halogens is 4. The van der Waals surface area contributed by atoms with Gasteiger partial charge in [0.25, 0.3) is 11.1 Å². The highest BCUT2D eigenvalue weighted by atomic mass is 32.2. The Balaban J connectivity index is 1.31. The molecule has 43 heavy (non-hydrogen) atoms. The van der Waals surface area contributed by atoms with Crippen molar-refractivity contribution in [1.82, 2.24) is 10.2 Å². The summed E-state index contributed by atoms with van der Waals surface area (Å²) >= 11 is 1.84. The van der Waals surface area contributed by atoms with E-state index < -0.39 is 40.3 Å². The lowest BCUT2D eigenvalue weighted by molar-refractivity contribution is -0.140. The number of ether oxygens (including phenoxy) is 1. The molecule has 1 aliphatic rings. The first-order chi connectivity index (χ1) is 20.1. The van der Waals surface area contributed by atoms with Gasteiger partial charge in [-0.2, -0.15) is 13.2 Å². The third-order valence-corrected chi connectivity index (χ3v) is 7.80. The number of nitrogens with zero attached hydrogens (tertiary/aromatic N) is 1. The standard InChI is InChI=1S/C30H26F4N2O5S2/c1-29(2,3)41-27(39)18-6-4-17(5-7-18)15-35-25(37)10-11-36-26(38)24(43-28(36)40)14-21-12-20(16-42-21)19-8-9-23(31)22(13-19)30(32,33)34/h4-9,12-14,16H,10-11,15H2,1-3H3,(H,35,37). The van der Waals surface area contributed by atoms with Crippen molar-refractivity contribution in [1.29, 1.82) is 0 Å². The molecule has 0 aliphatic carbocycles. The second kappa shape index (κ2) is 12.7. The van der Waals surface area contributed by atoms with Gasteiger partial charge in [-0.25, -0.2) is 9.18 Å². The average Bonchev–Trinajstić information content (AvgIpc) is 3.49. The summed E-state index contributed by atoms with van der Waals surface area (Å²) in [6.07, 6.45) is -3.52. The maximum atomic E-state index is 13.6. The fraction of sp³-hybridized carbons (Fsp3) is 0.267. The number of thiophene rings is 1. The number of esters is 1. The largest absolute Gasteiger partial charge is 0.456 e. The van der Waals surface area contributed by atoms with Crippen LogP contribution in [0.1, 0.15) is 53.6 Å². The molecule has 7 nitrogen and oxygen atoms in total. The molecule has 1 N–H and O–H groups in total.